The SMILES string of the molecule is COC(=O)Cc1cnc(N)cc1C(F)F. The van der Waals surface area contributed by atoms with Gasteiger partial charge in [0.25, 0.3) is 6.43 Å². The van der Waals surface area contributed by atoms with Gasteiger partial charge in [0.2, 0.25) is 0 Å². The second kappa shape index (κ2) is 4.68. The third-order valence-corrected chi connectivity index (χ3v) is 1.84. The van der Waals surface area contributed by atoms with Crippen molar-refractivity contribution in [2.75, 3.05) is 12.8 Å². The topological polar surface area (TPSA) is 65.2 Å². The summed E-state index contributed by atoms with van der Waals surface area (Å²) in [6.07, 6.45) is -1.76. The van der Waals surface area contributed by atoms with Crippen molar-refractivity contribution < 1.29 is 18.3 Å². The number of nitrogens with two attached hydrogens (primary N) is 1. The lowest BCUT2D eigenvalue weighted by Crippen LogP contribution is -2.08. The molecule has 2 N–H and O–H groups in total. The molecule has 0 spiro atoms. The Balaban J connectivity index is 3.00. The summed E-state index contributed by atoms with van der Waals surface area (Å²) in [7, 11) is 1.19. The van der Waals surface area contributed by atoms with E-state index >= 15 is 0 Å². The van der Waals surface area contributed by atoms with E-state index in [1.54, 1.807) is 0 Å². The van der Waals surface area contributed by atoms with Crippen molar-refractivity contribution in [3.63, 3.8) is 0 Å². The monoisotopic (exact) mass is 216 g/mol. The van der Waals surface area contributed by atoms with Crippen LogP contribution in [0.2, 0.25) is 0 Å². The van der Waals surface area contributed by atoms with Gasteiger partial charge >= 0.3 is 5.97 Å². The average molecular weight is 216 g/mol. The number of nitrogens with zero attached hydrogens (tertiary/aromatic N) is 1. The zero-order valence-corrected chi connectivity index (χ0v) is 8.04. The van der Waals surface area contributed by atoms with Crippen molar-refractivity contribution in [3.8, 4) is 0 Å². The Labute approximate surface area is 85.1 Å². The van der Waals surface area contributed by atoms with Crippen LogP contribution in [0.4, 0.5) is 14.6 Å². The van der Waals surface area contributed by atoms with E-state index in [0.717, 1.165) is 12.3 Å². The molecule has 0 aliphatic heterocycles. The predicted molar refractivity (Wildman–Crippen MR) is 49.3 cm³/mol. The molecule has 1 rings (SSSR count). The molecule has 0 atom stereocenters. The zero-order valence-electron chi connectivity index (χ0n) is 8.04. The number of hydrogen-bond donors (Lipinski definition) is 1. The zero-order chi connectivity index (χ0) is 11.4. The van der Waals surface area contributed by atoms with Crippen LogP contribution in [0.1, 0.15) is 17.6 Å². The Morgan fingerprint density at radius 3 is 2.87 bits per heavy atom. The maximum atomic E-state index is 12.5. The van der Waals surface area contributed by atoms with E-state index in [1.165, 1.54) is 7.11 Å². The maximum absolute atomic E-state index is 12.5. The van der Waals surface area contributed by atoms with Crippen LogP contribution in [0.5, 0.6) is 0 Å². The number of pyridine rings is 1. The van der Waals surface area contributed by atoms with Crippen LogP contribution in [0.25, 0.3) is 0 Å². The first-order valence-electron chi connectivity index (χ1n) is 4.14. The van der Waals surface area contributed by atoms with Gasteiger partial charge in [-0.3, -0.25) is 4.79 Å². The van der Waals surface area contributed by atoms with Gasteiger partial charge in [-0.1, -0.05) is 0 Å². The summed E-state index contributed by atoms with van der Waals surface area (Å²) in [4.78, 5) is 14.6. The van der Waals surface area contributed by atoms with Crippen LogP contribution in [-0.2, 0) is 16.0 Å². The molecular formula is C9H10F2N2O2. The number of halogens is 2. The number of carbonyl (C=O) groups excluding carboxylic acids is 1. The summed E-state index contributed by atoms with van der Waals surface area (Å²) >= 11 is 0. The number of anilines is 1. The summed E-state index contributed by atoms with van der Waals surface area (Å²) in [5, 5.41) is 0. The molecule has 0 unspecified atom stereocenters. The quantitative estimate of drug-likeness (QED) is 0.774. The Morgan fingerprint density at radius 2 is 2.33 bits per heavy atom. The fourth-order valence-corrected chi connectivity index (χ4v) is 1.09. The van der Waals surface area contributed by atoms with Gasteiger partial charge in [-0.15, -0.1) is 0 Å². The fraction of sp³-hybridized carbons (Fsp3) is 0.333. The summed E-state index contributed by atoms with van der Waals surface area (Å²) < 4.78 is 29.4. The van der Waals surface area contributed by atoms with Crippen LogP contribution in [0, 0.1) is 0 Å². The molecule has 6 heteroatoms. The minimum Gasteiger partial charge on any atom is -0.469 e. The van der Waals surface area contributed by atoms with Gasteiger partial charge in [-0.25, -0.2) is 13.8 Å². The molecule has 1 heterocycles. The van der Waals surface area contributed by atoms with E-state index in [1.807, 2.05) is 0 Å². The smallest absolute Gasteiger partial charge is 0.310 e. The van der Waals surface area contributed by atoms with Gasteiger partial charge in [0, 0.05) is 11.8 Å². The van der Waals surface area contributed by atoms with E-state index < -0.39 is 12.4 Å². The molecule has 82 valence electrons. The van der Waals surface area contributed by atoms with Crippen LogP contribution >= 0.6 is 0 Å². The standard InChI is InChI=1S/C9H10F2N2O2/c1-15-8(14)2-5-4-13-7(12)3-6(5)9(10)11/h3-4,9H,2H2,1H3,(H2,12,13). The van der Waals surface area contributed by atoms with E-state index in [9.17, 15) is 13.6 Å². The molecule has 0 aliphatic carbocycles. The lowest BCUT2D eigenvalue weighted by atomic mass is 10.1. The summed E-state index contributed by atoms with van der Waals surface area (Å²) in [6.45, 7) is 0. The highest BCUT2D eigenvalue weighted by Crippen LogP contribution is 2.24. The molecule has 1 aromatic heterocycles. The van der Waals surface area contributed by atoms with Gasteiger partial charge in [0.15, 0.2) is 0 Å². The second-order valence-electron chi connectivity index (χ2n) is 2.86. The third-order valence-electron chi connectivity index (χ3n) is 1.84. The van der Waals surface area contributed by atoms with Crippen molar-refractivity contribution in [1.82, 2.24) is 4.98 Å². The Morgan fingerprint density at radius 1 is 1.67 bits per heavy atom. The highest BCUT2D eigenvalue weighted by Gasteiger charge is 2.16. The number of carbonyl (C=O) groups is 1. The molecular weight excluding hydrogens is 206 g/mol. The predicted octanol–water partition coefficient (Wildman–Crippen LogP) is 1.32. The highest BCUT2D eigenvalue weighted by atomic mass is 19.3. The molecule has 0 saturated carbocycles. The largest absolute Gasteiger partial charge is 0.469 e. The van der Waals surface area contributed by atoms with Gasteiger partial charge in [-0.2, -0.15) is 0 Å². The number of hydrogen-bond acceptors (Lipinski definition) is 4. The molecule has 0 aromatic carbocycles. The Kier molecular flexibility index (Phi) is 3.54. The number of aromatic nitrogens is 1. The van der Waals surface area contributed by atoms with Crippen molar-refractivity contribution in [2.45, 2.75) is 12.8 Å². The minimum absolute atomic E-state index is 0.00100. The van der Waals surface area contributed by atoms with E-state index in [2.05, 4.69) is 9.72 Å². The Hall–Kier alpha value is -1.72. The van der Waals surface area contributed by atoms with Crippen molar-refractivity contribution in [2.24, 2.45) is 0 Å². The van der Waals surface area contributed by atoms with Gasteiger partial charge in [0.05, 0.1) is 13.5 Å². The number of nitrogen functional groups attached to an aromatic ring is 1. The number of alkyl halides is 2. The van der Waals surface area contributed by atoms with E-state index in [-0.39, 0.29) is 23.4 Å². The molecule has 15 heavy (non-hydrogen) atoms. The summed E-state index contributed by atoms with van der Waals surface area (Å²) in [5.41, 5.74) is 5.11. The number of rotatable bonds is 3. The molecule has 0 fully saturated rings. The first kappa shape index (κ1) is 11.4. The number of ether oxygens (including phenoxy) is 1. The van der Waals surface area contributed by atoms with Gasteiger partial charge < -0.3 is 10.5 Å². The molecule has 0 amide bonds. The fourth-order valence-electron chi connectivity index (χ4n) is 1.09. The second-order valence-corrected chi connectivity index (χ2v) is 2.86. The molecule has 0 bridgehead atoms. The van der Waals surface area contributed by atoms with E-state index in [4.69, 9.17) is 5.73 Å². The average Bonchev–Trinajstić information content (AvgIpc) is 2.20. The lowest BCUT2D eigenvalue weighted by Gasteiger charge is -2.07. The highest BCUT2D eigenvalue weighted by molar-refractivity contribution is 5.73. The molecule has 4 nitrogen and oxygen atoms in total. The summed E-state index contributed by atoms with van der Waals surface area (Å²) in [5.74, 6) is -0.595. The first-order chi connectivity index (χ1) is 7.04. The van der Waals surface area contributed by atoms with Crippen molar-refractivity contribution >= 4 is 11.8 Å². The van der Waals surface area contributed by atoms with Crippen molar-refractivity contribution in [3.05, 3.63) is 23.4 Å². The normalized spacial score (nSPS) is 10.4. The molecule has 1 aromatic rings. The maximum Gasteiger partial charge on any atom is 0.310 e. The lowest BCUT2D eigenvalue weighted by molar-refractivity contribution is -0.139. The van der Waals surface area contributed by atoms with Crippen LogP contribution in [0.15, 0.2) is 12.3 Å². The minimum atomic E-state index is -2.69. The van der Waals surface area contributed by atoms with Gasteiger partial charge in [-0.05, 0) is 11.6 Å². The van der Waals surface area contributed by atoms with E-state index in [0.29, 0.717) is 0 Å². The molecule has 0 saturated heterocycles. The number of esters is 1. The first-order valence-corrected chi connectivity index (χ1v) is 4.14. The molecule has 0 radical (unpaired) electrons. The third kappa shape index (κ3) is 2.87. The van der Waals surface area contributed by atoms with Gasteiger partial charge in [0.1, 0.15) is 5.82 Å². The molecule has 0 aliphatic rings. The summed E-state index contributed by atoms with van der Waals surface area (Å²) in [6, 6.07) is 1.06. The Bertz CT molecular complexity index is 369. The van der Waals surface area contributed by atoms with Crippen LogP contribution < -0.4 is 5.73 Å². The number of methoxy groups -OCH3 is 1. The van der Waals surface area contributed by atoms with Crippen LogP contribution in [-0.4, -0.2) is 18.1 Å². The van der Waals surface area contributed by atoms with Crippen molar-refractivity contribution in [1.29, 1.82) is 0 Å². The van der Waals surface area contributed by atoms with Crippen LogP contribution in [0.3, 0.4) is 0 Å².